The van der Waals surface area contributed by atoms with Gasteiger partial charge in [-0.25, -0.2) is 13.8 Å². The Balaban J connectivity index is 1.46. The Morgan fingerprint density at radius 2 is 1.92 bits per heavy atom. The van der Waals surface area contributed by atoms with Crippen LogP contribution in [0.25, 0.3) is 0 Å². The van der Waals surface area contributed by atoms with Crippen LogP contribution in [0, 0.1) is 12.3 Å². The van der Waals surface area contributed by atoms with Gasteiger partial charge in [-0.2, -0.15) is 0 Å². The number of piperidine rings is 1. The van der Waals surface area contributed by atoms with Gasteiger partial charge in [0, 0.05) is 56.9 Å². The van der Waals surface area contributed by atoms with Crippen molar-refractivity contribution in [1.29, 1.82) is 0 Å². The third-order valence-electron chi connectivity index (χ3n) is 5.66. The van der Waals surface area contributed by atoms with E-state index in [1.54, 1.807) is 17.5 Å². The van der Waals surface area contributed by atoms with Crippen LogP contribution in [0.3, 0.4) is 0 Å². The molecule has 1 atom stereocenters. The first kappa shape index (κ1) is 17.9. The molecule has 0 N–H and O–H groups in total. The average Bonchev–Trinajstić information content (AvgIpc) is 3.20. The minimum absolute atomic E-state index is 0.0586. The van der Waals surface area contributed by atoms with Crippen LogP contribution >= 0.6 is 11.3 Å². The molecule has 0 aromatic carbocycles. The molecule has 26 heavy (non-hydrogen) atoms. The Hall–Kier alpha value is -1.44. The monoisotopic (exact) mass is 378 g/mol. The quantitative estimate of drug-likeness (QED) is 0.814. The van der Waals surface area contributed by atoms with E-state index in [-0.39, 0.29) is 6.42 Å². The van der Waals surface area contributed by atoms with Crippen molar-refractivity contribution in [2.75, 3.05) is 26.2 Å². The fourth-order valence-electron chi connectivity index (χ4n) is 4.30. The number of hydrogen-bond donors (Lipinski definition) is 0. The van der Waals surface area contributed by atoms with Crippen LogP contribution < -0.4 is 0 Å². The van der Waals surface area contributed by atoms with Crippen LogP contribution in [0.2, 0.25) is 0 Å². The summed E-state index contributed by atoms with van der Waals surface area (Å²) in [6.45, 7) is 5.39. The molecule has 140 valence electrons. The lowest BCUT2D eigenvalue weighted by atomic mass is 9.75. The number of aromatic nitrogens is 2. The van der Waals surface area contributed by atoms with E-state index >= 15 is 0 Å². The second-order valence-electron chi connectivity index (χ2n) is 7.63. The van der Waals surface area contributed by atoms with E-state index in [1.165, 1.54) is 0 Å². The minimum atomic E-state index is -2.61. The smallest absolute Gasteiger partial charge is 0.257 e. The first-order chi connectivity index (χ1) is 12.5. The predicted octanol–water partition coefficient (Wildman–Crippen LogP) is 3.58. The Kier molecular flexibility index (Phi) is 4.79. The number of halogens is 2. The van der Waals surface area contributed by atoms with Crippen LogP contribution in [-0.4, -0.2) is 51.9 Å². The van der Waals surface area contributed by atoms with Gasteiger partial charge < -0.3 is 0 Å². The molecule has 4 nitrogen and oxygen atoms in total. The summed E-state index contributed by atoms with van der Waals surface area (Å²) < 4.78 is 29.8. The molecule has 4 heterocycles. The summed E-state index contributed by atoms with van der Waals surface area (Å²) in [6.07, 6.45) is 4.05. The van der Waals surface area contributed by atoms with Gasteiger partial charge in [-0.1, -0.05) is 6.07 Å². The van der Waals surface area contributed by atoms with Crippen LogP contribution in [0.15, 0.2) is 29.9 Å². The summed E-state index contributed by atoms with van der Waals surface area (Å²) in [5, 5.41) is 3.06. The Morgan fingerprint density at radius 1 is 1.15 bits per heavy atom. The lowest BCUT2D eigenvalue weighted by Crippen LogP contribution is -2.56. The van der Waals surface area contributed by atoms with E-state index < -0.39 is 11.3 Å². The zero-order valence-corrected chi connectivity index (χ0v) is 15.8. The average molecular weight is 378 g/mol. The number of rotatable bonds is 4. The molecule has 2 aliphatic heterocycles. The number of nitrogens with zero attached hydrogens (tertiary/aromatic N) is 4. The summed E-state index contributed by atoms with van der Waals surface area (Å²) in [6, 6.07) is 3.91. The largest absolute Gasteiger partial charge is 0.298 e. The molecule has 0 bridgehead atoms. The molecule has 2 aromatic rings. The maximum absolute atomic E-state index is 14.9. The van der Waals surface area contributed by atoms with Gasteiger partial charge in [0.1, 0.15) is 0 Å². The molecule has 0 amide bonds. The zero-order valence-electron chi connectivity index (χ0n) is 15.0. The molecule has 2 aromatic heterocycles. The van der Waals surface area contributed by atoms with Gasteiger partial charge in [0.05, 0.1) is 16.1 Å². The normalized spacial score (nSPS) is 26.6. The minimum Gasteiger partial charge on any atom is -0.298 e. The Bertz CT molecular complexity index is 751. The van der Waals surface area contributed by atoms with Crippen molar-refractivity contribution in [3.63, 3.8) is 0 Å². The molecule has 7 heteroatoms. The lowest BCUT2D eigenvalue weighted by Gasteiger charge is -2.46. The molecule has 2 aliphatic rings. The van der Waals surface area contributed by atoms with Gasteiger partial charge in [0.15, 0.2) is 0 Å². The van der Waals surface area contributed by atoms with Gasteiger partial charge in [-0.15, -0.1) is 11.3 Å². The van der Waals surface area contributed by atoms with E-state index in [1.807, 2.05) is 30.6 Å². The molecule has 0 unspecified atom stereocenters. The number of thiazole rings is 1. The van der Waals surface area contributed by atoms with Gasteiger partial charge in [-0.3, -0.25) is 14.8 Å². The van der Waals surface area contributed by atoms with Crippen molar-refractivity contribution in [3.05, 3.63) is 46.2 Å². The highest BCUT2D eigenvalue weighted by molar-refractivity contribution is 7.09. The molecular formula is C19H24F2N4S. The van der Waals surface area contributed by atoms with Crippen molar-refractivity contribution < 1.29 is 8.78 Å². The number of hydrogen-bond acceptors (Lipinski definition) is 5. The molecule has 4 rings (SSSR count). The third kappa shape index (κ3) is 3.52. The van der Waals surface area contributed by atoms with Crippen molar-refractivity contribution in [3.8, 4) is 0 Å². The van der Waals surface area contributed by atoms with Crippen molar-refractivity contribution in [1.82, 2.24) is 19.8 Å². The molecule has 2 saturated heterocycles. The predicted molar refractivity (Wildman–Crippen MR) is 98.3 cm³/mol. The SMILES string of the molecule is Cc1nc(CN2CC[C@]3(CN(Cc4cccnc4)CCC3(F)F)C2)cs1. The van der Waals surface area contributed by atoms with Crippen LogP contribution in [0.1, 0.15) is 29.1 Å². The fraction of sp³-hybridized carbons (Fsp3) is 0.579. The summed E-state index contributed by atoms with van der Waals surface area (Å²) >= 11 is 1.62. The van der Waals surface area contributed by atoms with Crippen molar-refractivity contribution >= 4 is 11.3 Å². The molecule has 0 saturated carbocycles. The summed E-state index contributed by atoms with van der Waals surface area (Å²) in [5.74, 6) is -2.61. The zero-order chi connectivity index (χ0) is 18.2. The number of likely N-dealkylation sites (tertiary alicyclic amines) is 2. The molecule has 0 aliphatic carbocycles. The number of alkyl halides is 2. The van der Waals surface area contributed by atoms with Crippen LogP contribution in [-0.2, 0) is 13.1 Å². The lowest BCUT2D eigenvalue weighted by molar-refractivity contribution is -0.163. The second kappa shape index (κ2) is 6.94. The van der Waals surface area contributed by atoms with Gasteiger partial charge >= 0.3 is 0 Å². The first-order valence-corrected chi connectivity index (χ1v) is 9.96. The Morgan fingerprint density at radius 3 is 2.62 bits per heavy atom. The van der Waals surface area contributed by atoms with E-state index in [0.29, 0.717) is 45.7 Å². The second-order valence-corrected chi connectivity index (χ2v) is 8.69. The molecular weight excluding hydrogens is 354 g/mol. The van der Waals surface area contributed by atoms with E-state index in [9.17, 15) is 8.78 Å². The van der Waals surface area contributed by atoms with Crippen molar-refractivity contribution in [2.24, 2.45) is 5.41 Å². The molecule has 0 radical (unpaired) electrons. The summed E-state index contributed by atoms with van der Waals surface area (Å²) in [7, 11) is 0. The van der Waals surface area contributed by atoms with E-state index in [0.717, 1.165) is 16.3 Å². The molecule has 2 fully saturated rings. The van der Waals surface area contributed by atoms with Crippen molar-refractivity contribution in [2.45, 2.75) is 38.8 Å². The molecule has 1 spiro atoms. The maximum Gasteiger partial charge on any atom is 0.257 e. The standard InChI is InChI=1S/C19H24F2N4S/c1-15-23-17(12-26-15)11-25-7-4-18(14-25)13-24(8-5-19(18,20)21)10-16-3-2-6-22-9-16/h2-3,6,9,12H,4-5,7-8,10-11,13-14H2,1H3/t18-/m0/s1. The number of aryl methyl sites for hydroxylation is 1. The fourth-order valence-corrected chi connectivity index (χ4v) is 4.91. The Labute approximate surface area is 156 Å². The number of pyridine rings is 1. The van der Waals surface area contributed by atoms with E-state index in [4.69, 9.17) is 0 Å². The summed E-state index contributed by atoms with van der Waals surface area (Å²) in [5.41, 5.74) is 1.13. The topological polar surface area (TPSA) is 32.3 Å². The van der Waals surface area contributed by atoms with Gasteiger partial charge in [0.25, 0.3) is 5.92 Å². The van der Waals surface area contributed by atoms with Gasteiger partial charge in [-0.05, 0) is 31.5 Å². The van der Waals surface area contributed by atoms with E-state index in [2.05, 4.69) is 19.8 Å². The van der Waals surface area contributed by atoms with Gasteiger partial charge in [0.2, 0.25) is 0 Å². The third-order valence-corrected chi connectivity index (χ3v) is 6.48. The van der Waals surface area contributed by atoms with Crippen LogP contribution in [0.4, 0.5) is 8.78 Å². The maximum atomic E-state index is 14.9. The summed E-state index contributed by atoms with van der Waals surface area (Å²) in [4.78, 5) is 12.9. The highest BCUT2D eigenvalue weighted by Gasteiger charge is 2.59. The van der Waals surface area contributed by atoms with Crippen LogP contribution in [0.5, 0.6) is 0 Å². The highest BCUT2D eigenvalue weighted by atomic mass is 32.1. The highest BCUT2D eigenvalue weighted by Crippen LogP contribution is 2.49. The first-order valence-electron chi connectivity index (χ1n) is 9.08.